The molecule has 15 N–H and O–H groups in total. The number of nitrogen functional groups attached to an aromatic ring is 2. The number of rotatable bonds is 13. The summed E-state index contributed by atoms with van der Waals surface area (Å²) in [6, 6.07) is 6.66. The Morgan fingerprint density at radius 2 is 1.41 bits per heavy atom. The number of nitrogens with one attached hydrogen (secondary N) is 1. The number of pyridine rings is 2. The van der Waals surface area contributed by atoms with E-state index in [9.17, 15) is 37.6 Å². The summed E-state index contributed by atoms with van der Waals surface area (Å²) in [4.78, 5) is 79.7. The maximum Gasteiger partial charge on any atom is 0.703 e. The Bertz CT molecular complexity index is 2020. The van der Waals surface area contributed by atoms with Crippen molar-refractivity contribution in [2.45, 2.75) is 34.9 Å². The maximum absolute atomic E-state index is 11.8. The molecule has 4 aromatic rings. The SMILES string of the molecule is C.C.C.C=Cc1c(N)ncnc1C(C)P(=O)(O)O[P+](=O)O.C=Cc1c(N)ncnc1N(C)CP(=O)(O)O[P+](=O)O.NC(=O)c1ccc[nH+]c1.NC(=O)c1cccnc1.O. The van der Waals surface area contributed by atoms with Gasteiger partial charge in [0.1, 0.15) is 47.6 Å². The summed E-state index contributed by atoms with van der Waals surface area (Å²) in [6.45, 7) is 8.37. The lowest BCUT2D eigenvalue weighted by Crippen LogP contribution is -2.21. The Morgan fingerprint density at radius 3 is 1.81 bits per heavy atom. The van der Waals surface area contributed by atoms with Crippen LogP contribution in [0.5, 0.6) is 0 Å². The van der Waals surface area contributed by atoms with E-state index in [1.807, 2.05) is 0 Å². The van der Waals surface area contributed by atoms with Crippen molar-refractivity contribution in [1.82, 2.24) is 24.9 Å². The molecule has 5 unspecified atom stereocenters. The van der Waals surface area contributed by atoms with Crippen molar-refractivity contribution < 1.29 is 66.5 Å². The van der Waals surface area contributed by atoms with Gasteiger partial charge in [0, 0.05) is 40.2 Å². The first-order chi connectivity index (χ1) is 25.7. The molecule has 0 aromatic carbocycles. The Labute approximate surface area is 342 Å². The molecule has 0 fully saturated rings. The number of aromatic nitrogens is 6. The van der Waals surface area contributed by atoms with Crippen molar-refractivity contribution >= 4 is 73.1 Å². The maximum atomic E-state index is 11.8. The Balaban J connectivity index is -0.000000350. The molecule has 28 heteroatoms. The summed E-state index contributed by atoms with van der Waals surface area (Å²) in [5, 5.41) is 0. The summed E-state index contributed by atoms with van der Waals surface area (Å²) in [6.07, 6.45) is 10.8. The van der Waals surface area contributed by atoms with Crippen LogP contribution in [0, 0.1) is 0 Å². The Hall–Kier alpha value is -5.34. The number of nitrogens with two attached hydrogens (primary N) is 4. The van der Waals surface area contributed by atoms with Crippen LogP contribution < -0.4 is 32.8 Å². The van der Waals surface area contributed by atoms with Crippen LogP contribution in [0.3, 0.4) is 0 Å². The molecule has 5 atom stereocenters. The van der Waals surface area contributed by atoms with Crippen molar-refractivity contribution in [2.24, 2.45) is 11.5 Å². The van der Waals surface area contributed by atoms with Gasteiger partial charge in [-0.1, -0.05) is 47.6 Å². The molecule has 0 radical (unpaired) electrons. The predicted octanol–water partition coefficient (Wildman–Crippen LogP) is 3.43. The summed E-state index contributed by atoms with van der Waals surface area (Å²) >= 11 is 0. The van der Waals surface area contributed by atoms with E-state index in [0.717, 1.165) is 6.33 Å². The van der Waals surface area contributed by atoms with Crippen LogP contribution in [0.25, 0.3) is 12.2 Å². The molecule has 0 saturated carbocycles. The quantitative estimate of drug-likeness (QED) is 0.0890. The Morgan fingerprint density at radius 1 is 0.898 bits per heavy atom. The first kappa shape index (κ1) is 60.3. The van der Waals surface area contributed by atoms with Crippen molar-refractivity contribution in [3.63, 3.8) is 0 Å². The van der Waals surface area contributed by atoms with Gasteiger partial charge in [-0.05, 0) is 33.7 Å². The fourth-order valence-electron chi connectivity index (χ4n) is 3.72. The van der Waals surface area contributed by atoms with Crippen molar-refractivity contribution in [3.8, 4) is 0 Å². The monoisotopic (exact) mass is 910 g/mol. The van der Waals surface area contributed by atoms with E-state index in [2.05, 4.69) is 51.7 Å². The molecule has 0 spiro atoms. The van der Waals surface area contributed by atoms with Crippen LogP contribution in [0.15, 0.2) is 74.9 Å². The standard InChI is InChI=1S/C8H12N4O5P2.C8H11N3O5P2.2C6H6N2O.3CH4.H2O/c1-3-6-7(9)10-4-11-8(6)12(2)5-19(15,16)17-18(13)14;1-3-6-7(10-4-11-8(6)9)5(2)18(14,15)16-17(12)13;2*7-6(9)5-2-1-3-8-4-5;;;;/h3-4H,1,5H2,2H3,(H3-,9,10,11,13,14,15,16);3-5H,1H2,2H3,(H3-,9,10,11,12,13,14,15);2*1-4H,(H2,7,9);3*1H4;1H2/p+3. The third-order valence-corrected chi connectivity index (χ3v) is 11.3. The fourth-order valence-corrected chi connectivity index (χ4v) is 7.35. The van der Waals surface area contributed by atoms with Crippen LogP contribution in [-0.2, 0) is 26.9 Å². The largest absolute Gasteiger partial charge is 0.703 e. The molecule has 0 aliphatic heterocycles. The molecule has 2 amide bonds. The molecule has 0 aliphatic rings. The molecule has 326 valence electrons. The van der Waals surface area contributed by atoms with Crippen molar-refractivity contribution in [3.05, 3.63) is 103 Å². The van der Waals surface area contributed by atoms with Gasteiger partial charge < -0.3 is 43.1 Å². The molecular weight excluding hydrogens is 858 g/mol. The van der Waals surface area contributed by atoms with E-state index in [1.165, 1.54) is 43.5 Å². The van der Waals surface area contributed by atoms with Crippen LogP contribution >= 0.6 is 31.7 Å². The van der Waals surface area contributed by atoms with E-state index >= 15 is 0 Å². The average molecular weight is 911 g/mol. The summed E-state index contributed by atoms with van der Waals surface area (Å²) in [5.41, 5.74) is 21.7. The molecule has 4 aromatic heterocycles. The van der Waals surface area contributed by atoms with Gasteiger partial charge in [-0.15, -0.1) is 9.79 Å². The average Bonchev–Trinajstić information content (AvgIpc) is 3.11. The van der Waals surface area contributed by atoms with Gasteiger partial charge in [-0.2, -0.15) is 0 Å². The highest BCUT2D eigenvalue weighted by atomic mass is 31.2. The highest BCUT2D eigenvalue weighted by molar-refractivity contribution is 7.60. The minimum Gasteiger partial charge on any atom is -0.412 e. The molecule has 0 bridgehead atoms. The number of amides is 2. The smallest absolute Gasteiger partial charge is 0.412 e. The van der Waals surface area contributed by atoms with Crippen LogP contribution in [0.1, 0.15) is 72.4 Å². The third-order valence-electron chi connectivity index (χ3n) is 6.21. The lowest BCUT2D eigenvalue weighted by atomic mass is 10.1. The van der Waals surface area contributed by atoms with Gasteiger partial charge in [0.05, 0.1) is 16.8 Å². The Kier molecular flexibility index (Phi) is 29.6. The van der Waals surface area contributed by atoms with Gasteiger partial charge in [0.2, 0.25) is 5.91 Å². The number of hydrogen-bond donors (Lipinski definition) is 8. The lowest BCUT2D eigenvalue weighted by Gasteiger charge is -2.20. The van der Waals surface area contributed by atoms with Gasteiger partial charge in [0.25, 0.3) is 5.91 Å². The van der Waals surface area contributed by atoms with Crippen molar-refractivity contribution in [2.75, 3.05) is 29.7 Å². The second-order valence-electron chi connectivity index (χ2n) is 10.1. The second-order valence-corrected chi connectivity index (χ2v) is 15.8. The molecule has 59 heavy (non-hydrogen) atoms. The second kappa shape index (κ2) is 29.0. The lowest BCUT2D eigenvalue weighted by molar-refractivity contribution is -0.378. The number of carbonyl (C=O) groups excluding carboxylic acids is 2. The van der Waals surface area contributed by atoms with E-state index in [1.54, 1.807) is 42.9 Å². The number of hydrogen-bond acceptors (Lipinski definition) is 16. The first-order valence-corrected chi connectivity index (χ1v) is 20.3. The molecule has 24 nitrogen and oxygen atoms in total. The van der Waals surface area contributed by atoms with Gasteiger partial charge in [-0.3, -0.25) is 23.7 Å². The zero-order chi connectivity index (χ0) is 41.9. The summed E-state index contributed by atoms with van der Waals surface area (Å²) in [7, 11) is -13.5. The molecule has 4 heterocycles. The highest BCUT2D eigenvalue weighted by Gasteiger charge is 2.41. The molecule has 0 saturated heterocycles. The van der Waals surface area contributed by atoms with E-state index in [-0.39, 0.29) is 56.5 Å². The number of nitrogens with zero attached hydrogens (tertiary/aromatic N) is 6. The normalized spacial score (nSPS) is 12.5. The van der Waals surface area contributed by atoms with Crippen LogP contribution in [0.4, 0.5) is 17.5 Å². The molecular formula is C31H52N11O13P4+3. The van der Waals surface area contributed by atoms with Gasteiger partial charge in [-0.25, -0.2) is 24.9 Å². The minimum absolute atomic E-state index is 0. The number of H-pyrrole nitrogens is 1. The predicted molar refractivity (Wildman–Crippen MR) is 224 cm³/mol. The van der Waals surface area contributed by atoms with E-state index in [4.69, 9.17) is 32.7 Å². The zero-order valence-electron chi connectivity index (χ0n) is 29.5. The number of anilines is 3. The van der Waals surface area contributed by atoms with Crippen LogP contribution in [0.2, 0.25) is 0 Å². The first-order valence-electron chi connectivity index (χ1n) is 14.7. The summed E-state index contributed by atoms with van der Waals surface area (Å²) in [5.74, 6) is -0.340. The molecule has 0 aliphatic carbocycles. The minimum atomic E-state index is -4.35. The van der Waals surface area contributed by atoms with E-state index in [0.29, 0.717) is 16.7 Å². The highest BCUT2D eigenvalue weighted by Crippen LogP contribution is 2.61. The van der Waals surface area contributed by atoms with Crippen LogP contribution in [-0.4, -0.2) is 75.1 Å². The zero-order valence-corrected chi connectivity index (χ0v) is 33.0. The third kappa shape index (κ3) is 21.3. The number of carbonyl (C=O) groups is 2. The molecule has 4 rings (SSSR count). The van der Waals surface area contributed by atoms with E-state index < -0.39 is 55.5 Å². The number of aromatic amines is 1. The topological polar surface area (TPSA) is 419 Å². The van der Waals surface area contributed by atoms with Crippen molar-refractivity contribution in [1.29, 1.82) is 0 Å². The number of primary amides is 2. The van der Waals surface area contributed by atoms with Gasteiger partial charge in [0.15, 0.2) is 12.4 Å². The fraction of sp³-hybridized carbons (Fsp3) is 0.226. The van der Waals surface area contributed by atoms with Gasteiger partial charge >= 0.3 is 31.7 Å². The summed E-state index contributed by atoms with van der Waals surface area (Å²) < 4.78 is 52.4.